The van der Waals surface area contributed by atoms with Gasteiger partial charge in [-0.05, 0) is 0 Å². The quantitative estimate of drug-likeness (QED) is 0.166. The van der Waals surface area contributed by atoms with E-state index in [0.717, 1.165) is 63.0 Å². The molecule has 0 amide bonds. The number of hydrogen-bond donors (Lipinski definition) is 1. The molecular formula is C32H57NO3Sn. The van der Waals surface area contributed by atoms with E-state index < -0.39 is 24.8 Å². The number of unbranched alkanes of at least 4 members (excludes halogenated alkanes) is 3. The molecule has 0 aromatic heterocycles. The number of aromatic hydroxyl groups is 1. The van der Waals surface area contributed by atoms with Gasteiger partial charge in [-0.2, -0.15) is 0 Å². The maximum atomic E-state index is 13.7. The van der Waals surface area contributed by atoms with Gasteiger partial charge < -0.3 is 0 Å². The summed E-state index contributed by atoms with van der Waals surface area (Å²) in [4.78, 5) is 18.5. The van der Waals surface area contributed by atoms with Crippen LogP contribution in [0.3, 0.4) is 0 Å². The summed E-state index contributed by atoms with van der Waals surface area (Å²) < 4.78 is 10.00. The monoisotopic (exact) mass is 623 g/mol. The Morgan fingerprint density at radius 1 is 0.919 bits per heavy atom. The van der Waals surface area contributed by atoms with Crippen LogP contribution < -0.4 is 0 Å². The van der Waals surface area contributed by atoms with E-state index in [9.17, 15) is 9.90 Å². The Balaban J connectivity index is 3.43. The summed E-state index contributed by atoms with van der Waals surface area (Å²) in [5.74, 6) is 0.127. The molecule has 0 spiro atoms. The van der Waals surface area contributed by atoms with E-state index in [1.54, 1.807) is 6.21 Å². The first-order valence-electron chi connectivity index (χ1n) is 14.8. The average Bonchev–Trinajstić information content (AvgIpc) is 2.79. The zero-order valence-electron chi connectivity index (χ0n) is 26.0. The summed E-state index contributed by atoms with van der Waals surface area (Å²) in [6, 6.07) is 3.57. The molecular weight excluding hydrogens is 565 g/mol. The van der Waals surface area contributed by atoms with Crippen molar-refractivity contribution in [1.82, 2.24) is 0 Å². The van der Waals surface area contributed by atoms with Crippen LogP contribution in [-0.4, -0.2) is 42.1 Å². The number of carbonyl (C=O) groups is 1. The van der Waals surface area contributed by atoms with Gasteiger partial charge in [-0.25, -0.2) is 0 Å². The summed E-state index contributed by atoms with van der Waals surface area (Å²) in [5.41, 5.74) is 2.44. The maximum absolute atomic E-state index is 13.7. The number of phenolic OH excluding ortho intramolecular Hbond substituents is 1. The number of hydrogen-bond acceptors (Lipinski definition) is 4. The molecule has 0 saturated heterocycles. The molecule has 1 N–H and O–H groups in total. The second kappa shape index (κ2) is 14.9. The number of aliphatic imine (C=N–C) groups is 1. The van der Waals surface area contributed by atoms with Gasteiger partial charge in [-0.3, -0.25) is 0 Å². The van der Waals surface area contributed by atoms with E-state index in [2.05, 4.69) is 68.4 Å². The van der Waals surface area contributed by atoms with E-state index in [4.69, 9.17) is 8.07 Å². The van der Waals surface area contributed by atoms with Crippen LogP contribution in [-0.2, 0) is 18.7 Å². The Morgan fingerprint density at radius 2 is 1.41 bits per heavy atom. The van der Waals surface area contributed by atoms with Gasteiger partial charge in [-0.15, -0.1) is 0 Å². The molecule has 1 atom stereocenters. The number of benzene rings is 1. The molecule has 5 heteroatoms. The summed E-state index contributed by atoms with van der Waals surface area (Å²) in [6.07, 6.45) is 8.58. The Labute approximate surface area is 233 Å². The molecule has 0 fully saturated rings. The molecule has 4 nitrogen and oxygen atoms in total. The van der Waals surface area contributed by atoms with Gasteiger partial charge in [0.15, 0.2) is 0 Å². The van der Waals surface area contributed by atoms with Gasteiger partial charge in [0.05, 0.1) is 0 Å². The fourth-order valence-electron chi connectivity index (χ4n) is 4.72. The Hall–Kier alpha value is -1.04. The van der Waals surface area contributed by atoms with Crippen molar-refractivity contribution in [2.45, 2.75) is 145 Å². The van der Waals surface area contributed by atoms with Crippen molar-refractivity contribution in [2.75, 3.05) is 0 Å². The van der Waals surface area contributed by atoms with Crippen molar-refractivity contribution in [1.29, 1.82) is 0 Å². The molecule has 1 rings (SSSR count). The predicted octanol–water partition coefficient (Wildman–Crippen LogP) is 9.32. The summed E-state index contributed by atoms with van der Waals surface area (Å²) >= 11 is -3.10. The number of carbonyl (C=O) groups excluding carboxylic acids is 1. The molecule has 37 heavy (non-hydrogen) atoms. The summed E-state index contributed by atoms with van der Waals surface area (Å²) in [5, 5.41) is 11.2. The van der Waals surface area contributed by atoms with Gasteiger partial charge in [0.1, 0.15) is 0 Å². The molecule has 0 unspecified atom stereocenters. The van der Waals surface area contributed by atoms with Gasteiger partial charge in [0, 0.05) is 0 Å². The fourth-order valence-corrected chi connectivity index (χ4v) is 17.8. The van der Waals surface area contributed by atoms with E-state index in [0.29, 0.717) is 5.56 Å². The molecule has 0 radical (unpaired) electrons. The number of phenols is 1. The average molecular weight is 623 g/mol. The normalized spacial score (nSPS) is 13.9. The minimum atomic E-state index is -3.10. The molecule has 212 valence electrons. The Bertz CT molecular complexity index is 855. The van der Waals surface area contributed by atoms with E-state index >= 15 is 0 Å². The fraction of sp³-hybridized carbons (Fsp3) is 0.750. The van der Waals surface area contributed by atoms with Crippen LogP contribution in [0.1, 0.15) is 131 Å². The molecule has 0 aliphatic carbocycles. The van der Waals surface area contributed by atoms with Crippen molar-refractivity contribution in [3.63, 3.8) is 0 Å². The zero-order valence-corrected chi connectivity index (χ0v) is 28.8. The van der Waals surface area contributed by atoms with Crippen LogP contribution in [0.15, 0.2) is 17.1 Å². The molecule has 0 saturated carbocycles. The SMILES string of the molecule is CCC[CH2][Sn]([CH2]CCC)([CH2]CCC)[O]C(=O)[C@@H](N=Cc1cc(C(C)(C)C)cc(C(C)(C)C)c1O)C(C)C. The van der Waals surface area contributed by atoms with Crippen molar-refractivity contribution in [2.24, 2.45) is 10.9 Å². The Morgan fingerprint density at radius 3 is 1.78 bits per heavy atom. The van der Waals surface area contributed by atoms with Crippen molar-refractivity contribution in [3.05, 3.63) is 28.8 Å². The van der Waals surface area contributed by atoms with Gasteiger partial charge in [0.2, 0.25) is 0 Å². The molecule has 1 aromatic carbocycles. The third kappa shape index (κ3) is 10.6. The van der Waals surface area contributed by atoms with E-state index in [-0.39, 0.29) is 28.5 Å². The molecule has 0 aliphatic rings. The van der Waals surface area contributed by atoms with Gasteiger partial charge in [-0.1, -0.05) is 0 Å². The van der Waals surface area contributed by atoms with Crippen LogP contribution in [0.4, 0.5) is 0 Å². The van der Waals surface area contributed by atoms with E-state index in [1.165, 1.54) is 0 Å². The third-order valence-electron chi connectivity index (χ3n) is 7.34. The summed E-state index contributed by atoms with van der Waals surface area (Å²) in [6.45, 7) is 23.6. The van der Waals surface area contributed by atoms with Crippen LogP contribution in [0.2, 0.25) is 13.3 Å². The Kier molecular flexibility index (Phi) is 13.7. The van der Waals surface area contributed by atoms with Crippen molar-refractivity contribution >= 4 is 31.0 Å². The number of nitrogens with zero attached hydrogens (tertiary/aromatic N) is 1. The van der Waals surface area contributed by atoms with Gasteiger partial charge in [0.25, 0.3) is 0 Å². The second-order valence-electron chi connectivity index (χ2n) is 13.3. The third-order valence-corrected chi connectivity index (χ3v) is 20.0. The van der Waals surface area contributed by atoms with Crippen LogP contribution in [0.5, 0.6) is 5.75 Å². The van der Waals surface area contributed by atoms with Gasteiger partial charge >= 0.3 is 234 Å². The topological polar surface area (TPSA) is 58.9 Å². The van der Waals surface area contributed by atoms with E-state index in [1.807, 2.05) is 19.9 Å². The summed E-state index contributed by atoms with van der Waals surface area (Å²) in [7, 11) is 0. The molecule has 0 heterocycles. The predicted molar refractivity (Wildman–Crippen MR) is 163 cm³/mol. The van der Waals surface area contributed by atoms with Crippen LogP contribution in [0, 0.1) is 5.92 Å². The molecule has 0 bridgehead atoms. The first-order chi connectivity index (χ1) is 17.1. The van der Waals surface area contributed by atoms with Crippen LogP contribution >= 0.6 is 0 Å². The zero-order chi connectivity index (χ0) is 28.4. The number of rotatable bonds is 14. The van der Waals surface area contributed by atoms with Crippen molar-refractivity contribution < 1.29 is 13.0 Å². The van der Waals surface area contributed by atoms with Crippen molar-refractivity contribution in [3.8, 4) is 5.75 Å². The first kappa shape index (κ1) is 34.0. The minimum absolute atomic E-state index is 0.0197. The molecule has 0 aliphatic heterocycles. The first-order valence-corrected chi connectivity index (χ1v) is 22.0. The molecule has 1 aromatic rings. The van der Waals surface area contributed by atoms with Crippen LogP contribution in [0.25, 0.3) is 0 Å². The standard InChI is InChI=1S/C20H31NO3.3C4H9.Sn/c1-12(2)16(18(23)24)21-11-13-9-14(19(3,4)5)10-15(17(13)22)20(6,7)8;3*1-3-4-2;/h9-12,16,22H,1-8H3,(H,23,24);3*1,3-4H2,2H3;/q;;;;+1/p-1/t16-;;;;/m0..../s1. The second-order valence-corrected chi connectivity index (χ2v) is 25.0.